The summed E-state index contributed by atoms with van der Waals surface area (Å²) >= 11 is 0. The molecule has 1 heterocycles. The van der Waals surface area contributed by atoms with Gasteiger partial charge in [0.25, 0.3) is 5.91 Å². The predicted octanol–water partition coefficient (Wildman–Crippen LogP) is 0.0686. The molecule has 0 saturated carbocycles. The van der Waals surface area contributed by atoms with Crippen molar-refractivity contribution < 1.29 is 9.59 Å². The van der Waals surface area contributed by atoms with Crippen molar-refractivity contribution in [3.8, 4) is 11.8 Å². The molecule has 0 aromatic rings. The third-order valence-corrected chi connectivity index (χ3v) is 2.77. The average molecular weight is 265 g/mol. The van der Waals surface area contributed by atoms with Crippen LogP contribution in [0, 0.1) is 11.8 Å². The summed E-state index contributed by atoms with van der Waals surface area (Å²) in [6.07, 6.45) is 0. The molecule has 2 amide bonds. The molecule has 0 aliphatic carbocycles. The molecule has 1 saturated heterocycles. The van der Waals surface area contributed by atoms with Crippen molar-refractivity contribution in [1.29, 1.82) is 0 Å². The van der Waals surface area contributed by atoms with Crippen LogP contribution in [0.1, 0.15) is 27.7 Å². The van der Waals surface area contributed by atoms with Crippen LogP contribution in [0.2, 0.25) is 0 Å². The Morgan fingerprint density at radius 3 is 2.21 bits per heavy atom. The van der Waals surface area contributed by atoms with Gasteiger partial charge in [0.15, 0.2) is 0 Å². The molecule has 1 aliphatic rings. The Morgan fingerprint density at radius 1 is 1.16 bits per heavy atom. The minimum absolute atomic E-state index is 0.0284. The molecule has 1 fully saturated rings. The lowest BCUT2D eigenvalue weighted by Crippen LogP contribution is -2.52. The van der Waals surface area contributed by atoms with Gasteiger partial charge in [0.1, 0.15) is 0 Å². The van der Waals surface area contributed by atoms with Crippen molar-refractivity contribution in [3.63, 3.8) is 0 Å². The monoisotopic (exact) mass is 265 g/mol. The molecule has 0 aromatic heterocycles. The van der Waals surface area contributed by atoms with Gasteiger partial charge >= 0.3 is 0 Å². The lowest BCUT2D eigenvalue weighted by Gasteiger charge is -2.33. The van der Waals surface area contributed by atoms with Gasteiger partial charge < -0.3 is 10.2 Å². The number of nitrogens with one attached hydrogen (secondary N) is 1. The van der Waals surface area contributed by atoms with Gasteiger partial charge in [-0.05, 0) is 33.6 Å². The highest BCUT2D eigenvalue weighted by Crippen LogP contribution is 2.03. The first-order valence-electron chi connectivity index (χ1n) is 6.57. The smallest absolute Gasteiger partial charge is 0.298 e. The topological polar surface area (TPSA) is 52.7 Å². The molecule has 0 bridgehead atoms. The van der Waals surface area contributed by atoms with Crippen LogP contribution in [0.5, 0.6) is 0 Å². The van der Waals surface area contributed by atoms with Crippen LogP contribution in [0.4, 0.5) is 0 Å². The fraction of sp³-hybridized carbons (Fsp3) is 0.714. The van der Waals surface area contributed by atoms with E-state index in [2.05, 4.69) is 22.1 Å². The largest absolute Gasteiger partial charge is 0.350 e. The molecule has 0 radical (unpaired) electrons. The Balaban J connectivity index is 2.36. The summed E-state index contributed by atoms with van der Waals surface area (Å²) < 4.78 is 0. The van der Waals surface area contributed by atoms with E-state index in [0.717, 1.165) is 0 Å². The second-order valence-corrected chi connectivity index (χ2v) is 5.74. The predicted molar refractivity (Wildman–Crippen MR) is 74.4 cm³/mol. The molecule has 5 heteroatoms. The van der Waals surface area contributed by atoms with Gasteiger partial charge in [0.05, 0.1) is 6.54 Å². The Bertz CT molecular complexity index is 393. The van der Waals surface area contributed by atoms with Crippen molar-refractivity contribution in [2.45, 2.75) is 33.2 Å². The molecular weight excluding hydrogens is 242 g/mol. The Kier molecular flexibility index (Phi) is 5.37. The molecule has 0 spiro atoms. The maximum atomic E-state index is 11.8. The minimum Gasteiger partial charge on any atom is -0.350 e. The van der Waals surface area contributed by atoms with Gasteiger partial charge in [-0.15, -0.1) is 0 Å². The lowest BCUT2D eigenvalue weighted by atomic mass is 10.1. The summed E-state index contributed by atoms with van der Waals surface area (Å²) in [4.78, 5) is 27.1. The van der Waals surface area contributed by atoms with Crippen molar-refractivity contribution in [1.82, 2.24) is 15.1 Å². The zero-order valence-corrected chi connectivity index (χ0v) is 12.2. The standard InChI is InChI=1S/C14H23N3O2/c1-5-6-13(19)17-9-7-16(8-10-17)11-12(18)15-14(2,3)4/h7-11H2,1-4H3,(H,15,18). The molecule has 106 valence electrons. The number of hydrogen-bond acceptors (Lipinski definition) is 3. The van der Waals surface area contributed by atoms with Crippen LogP contribution in [-0.2, 0) is 9.59 Å². The molecule has 5 nitrogen and oxygen atoms in total. The number of rotatable bonds is 2. The first-order chi connectivity index (χ1) is 8.81. The summed E-state index contributed by atoms with van der Waals surface area (Å²) in [6, 6.07) is 0. The van der Waals surface area contributed by atoms with E-state index in [1.54, 1.807) is 11.8 Å². The second-order valence-electron chi connectivity index (χ2n) is 5.74. The van der Waals surface area contributed by atoms with Gasteiger partial charge in [0, 0.05) is 31.7 Å². The highest BCUT2D eigenvalue weighted by molar-refractivity contribution is 5.93. The molecule has 0 unspecified atom stereocenters. The van der Waals surface area contributed by atoms with Gasteiger partial charge in [-0.1, -0.05) is 5.92 Å². The number of carbonyl (C=O) groups is 2. The highest BCUT2D eigenvalue weighted by Gasteiger charge is 2.22. The Labute approximate surface area is 115 Å². The maximum Gasteiger partial charge on any atom is 0.298 e. The van der Waals surface area contributed by atoms with Crippen LogP contribution >= 0.6 is 0 Å². The van der Waals surface area contributed by atoms with Gasteiger partial charge in [-0.25, -0.2) is 0 Å². The first-order valence-corrected chi connectivity index (χ1v) is 6.57. The van der Waals surface area contributed by atoms with E-state index in [1.807, 2.05) is 20.8 Å². The van der Waals surface area contributed by atoms with E-state index in [9.17, 15) is 9.59 Å². The lowest BCUT2D eigenvalue weighted by molar-refractivity contribution is -0.127. The molecule has 1 rings (SSSR count). The van der Waals surface area contributed by atoms with Crippen molar-refractivity contribution >= 4 is 11.8 Å². The molecule has 0 aromatic carbocycles. The number of carbonyl (C=O) groups excluding carboxylic acids is 2. The summed E-state index contributed by atoms with van der Waals surface area (Å²) in [5.74, 6) is 5.06. The highest BCUT2D eigenvalue weighted by atomic mass is 16.2. The van der Waals surface area contributed by atoms with E-state index in [4.69, 9.17) is 0 Å². The van der Waals surface area contributed by atoms with Crippen LogP contribution in [-0.4, -0.2) is 59.9 Å². The maximum absolute atomic E-state index is 11.8. The number of amides is 2. The van der Waals surface area contributed by atoms with Gasteiger partial charge in [0.2, 0.25) is 5.91 Å². The Morgan fingerprint density at radius 2 is 1.74 bits per heavy atom. The fourth-order valence-electron chi connectivity index (χ4n) is 1.96. The first kappa shape index (κ1) is 15.5. The van der Waals surface area contributed by atoms with Crippen molar-refractivity contribution in [3.05, 3.63) is 0 Å². The van der Waals surface area contributed by atoms with Crippen LogP contribution in [0.15, 0.2) is 0 Å². The van der Waals surface area contributed by atoms with Gasteiger partial charge in [-0.2, -0.15) is 0 Å². The third-order valence-electron chi connectivity index (χ3n) is 2.77. The minimum atomic E-state index is -0.203. The van der Waals surface area contributed by atoms with Crippen LogP contribution in [0.3, 0.4) is 0 Å². The fourth-order valence-corrected chi connectivity index (χ4v) is 1.96. The molecule has 19 heavy (non-hydrogen) atoms. The van der Waals surface area contributed by atoms with E-state index >= 15 is 0 Å². The molecule has 0 atom stereocenters. The molecule has 1 N–H and O–H groups in total. The van der Waals surface area contributed by atoms with Gasteiger partial charge in [-0.3, -0.25) is 14.5 Å². The average Bonchev–Trinajstić information content (AvgIpc) is 2.27. The zero-order chi connectivity index (χ0) is 14.5. The van der Waals surface area contributed by atoms with Crippen molar-refractivity contribution in [2.75, 3.05) is 32.7 Å². The van der Waals surface area contributed by atoms with E-state index in [1.165, 1.54) is 0 Å². The van der Waals surface area contributed by atoms with E-state index in [-0.39, 0.29) is 17.4 Å². The zero-order valence-electron chi connectivity index (χ0n) is 12.2. The summed E-state index contributed by atoms with van der Waals surface area (Å²) in [6.45, 7) is 10.6. The van der Waals surface area contributed by atoms with E-state index in [0.29, 0.717) is 32.7 Å². The molecular formula is C14H23N3O2. The summed E-state index contributed by atoms with van der Waals surface area (Å²) in [7, 11) is 0. The quantitative estimate of drug-likeness (QED) is 0.719. The molecule has 1 aliphatic heterocycles. The number of piperazine rings is 1. The normalized spacial score (nSPS) is 16.5. The second kappa shape index (κ2) is 6.58. The van der Waals surface area contributed by atoms with E-state index < -0.39 is 0 Å². The number of nitrogens with zero attached hydrogens (tertiary/aromatic N) is 2. The third kappa shape index (κ3) is 5.75. The number of hydrogen-bond donors (Lipinski definition) is 1. The summed E-state index contributed by atoms with van der Waals surface area (Å²) in [5, 5.41) is 2.94. The summed E-state index contributed by atoms with van der Waals surface area (Å²) in [5.41, 5.74) is -0.203. The SMILES string of the molecule is CC#CC(=O)N1CCN(CC(=O)NC(C)(C)C)CC1. The van der Waals surface area contributed by atoms with Crippen LogP contribution < -0.4 is 5.32 Å². The van der Waals surface area contributed by atoms with Crippen LogP contribution in [0.25, 0.3) is 0 Å². The van der Waals surface area contributed by atoms with Crippen molar-refractivity contribution in [2.24, 2.45) is 0 Å². The Hall–Kier alpha value is -1.54.